The van der Waals surface area contributed by atoms with Crippen LogP contribution in [-0.4, -0.2) is 37.0 Å². The Bertz CT molecular complexity index is 303. The maximum atomic E-state index is 11.0. The van der Waals surface area contributed by atoms with E-state index in [1.54, 1.807) is 20.8 Å². The molecule has 0 bridgehead atoms. The summed E-state index contributed by atoms with van der Waals surface area (Å²) in [6.45, 7) is 5.33. The van der Waals surface area contributed by atoms with Gasteiger partial charge in [-0.05, 0) is 27.2 Å². The molecule has 0 atom stereocenters. The van der Waals surface area contributed by atoms with Crippen LogP contribution in [0.15, 0.2) is 0 Å². The summed E-state index contributed by atoms with van der Waals surface area (Å²) in [5.74, 6) is -0.372. The highest BCUT2D eigenvalue weighted by atomic mass is 32.2. The molecule has 0 aromatic heterocycles. The molecule has 2 N–H and O–H groups in total. The Labute approximate surface area is 89.7 Å². The summed E-state index contributed by atoms with van der Waals surface area (Å²) in [5.41, 5.74) is -0.576. The molecule has 0 aliphatic rings. The summed E-state index contributed by atoms with van der Waals surface area (Å²) in [6.07, 6.45) is -0.448. The molecule has 0 unspecified atom stereocenters. The SMILES string of the molecule is CC(C)(C)OC(=O)NCCCS(=O)(=O)O. The van der Waals surface area contributed by atoms with Gasteiger partial charge in [0, 0.05) is 6.54 Å². The fourth-order valence-corrected chi connectivity index (χ4v) is 1.27. The molecule has 15 heavy (non-hydrogen) atoms. The number of carbonyl (C=O) groups excluding carboxylic acids is 1. The molecule has 0 saturated carbocycles. The fraction of sp³-hybridized carbons (Fsp3) is 0.875. The van der Waals surface area contributed by atoms with Crippen molar-refractivity contribution in [1.82, 2.24) is 5.32 Å². The van der Waals surface area contributed by atoms with E-state index in [1.165, 1.54) is 0 Å². The van der Waals surface area contributed by atoms with Crippen LogP contribution >= 0.6 is 0 Å². The number of ether oxygens (including phenoxy) is 1. The molecule has 0 heterocycles. The van der Waals surface area contributed by atoms with Gasteiger partial charge in [-0.3, -0.25) is 4.55 Å². The largest absolute Gasteiger partial charge is 0.444 e. The molecule has 0 fully saturated rings. The fourth-order valence-electron chi connectivity index (χ4n) is 0.759. The van der Waals surface area contributed by atoms with Crippen molar-refractivity contribution in [2.75, 3.05) is 12.3 Å². The molecule has 90 valence electrons. The van der Waals surface area contributed by atoms with Crippen LogP contribution in [0.3, 0.4) is 0 Å². The van der Waals surface area contributed by atoms with Crippen molar-refractivity contribution in [3.63, 3.8) is 0 Å². The van der Waals surface area contributed by atoms with Gasteiger partial charge >= 0.3 is 6.09 Å². The van der Waals surface area contributed by atoms with Crippen LogP contribution in [0, 0.1) is 0 Å². The highest BCUT2D eigenvalue weighted by Gasteiger charge is 2.15. The lowest BCUT2D eigenvalue weighted by atomic mass is 10.2. The molecule has 0 aliphatic carbocycles. The van der Waals surface area contributed by atoms with Crippen LogP contribution < -0.4 is 5.32 Å². The van der Waals surface area contributed by atoms with Gasteiger partial charge in [-0.15, -0.1) is 0 Å². The van der Waals surface area contributed by atoms with Crippen molar-refractivity contribution in [2.45, 2.75) is 32.8 Å². The second kappa shape index (κ2) is 5.32. The monoisotopic (exact) mass is 239 g/mol. The Hall–Kier alpha value is -0.820. The number of hydrogen-bond acceptors (Lipinski definition) is 4. The first-order valence-corrected chi connectivity index (χ1v) is 6.13. The van der Waals surface area contributed by atoms with Gasteiger partial charge in [0.15, 0.2) is 0 Å². The van der Waals surface area contributed by atoms with Gasteiger partial charge < -0.3 is 10.1 Å². The number of rotatable bonds is 4. The van der Waals surface area contributed by atoms with Crippen LogP contribution in [-0.2, 0) is 14.9 Å². The lowest BCUT2D eigenvalue weighted by molar-refractivity contribution is 0.0528. The number of nitrogens with one attached hydrogen (secondary N) is 1. The van der Waals surface area contributed by atoms with E-state index < -0.39 is 21.8 Å². The highest BCUT2D eigenvalue weighted by Crippen LogP contribution is 2.06. The van der Waals surface area contributed by atoms with Gasteiger partial charge in [-0.1, -0.05) is 0 Å². The molecule has 7 heteroatoms. The van der Waals surface area contributed by atoms with Crippen LogP contribution in [0.2, 0.25) is 0 Å². The Balaban J connectivity index is 3.66. The number of hydrogen-bond donors (Lipinski definition) is 2. The molecule has 0 aromatic rings. The van der Waals surface area contributed by atoms with Gasteiger partial charge in [0.25, 0.3) is 10.1 Å². The molecular formula is C8H17NO5S. The smallest absolute Gasteiger partial charge is 0.407 e. The van der Waals surface area contributed by atoms with Gasteiger partial charge in [-0.25, -0.2) is 4.79 Å². The van der Waals surface area contributed by atoms with Gasteiger partial charge in [0.2, 0.25) is 0 Å². The standard InChI is InChI=1S/C8H17NO5S/c1-8(2,3)14-7(10)9-5-4-6-15(11,12)13/h4-6H2,1-3H3,(H,9,10)(H,11,12,13). The van der Waals surface area contributed by atoms with E-state index in [2.05, 4.69) is 5.32 Å². The molecule has 0 spiro atoms. The molecule has 6 nitrogen and oxygen atoms in total. The first kappa shape index (κ1) is 14.2. The quantitative estimate of drug-likeness (QED) is 0.559. The molecule has 0 rings (SSSR count). The van der Waals surface area contributed by atoms with Crippen molar-refractivity contribution in [3.05, 3.63) is 0 Å². The Morgan fingerprint density at radius 2 is 1.93 bits per heavy atom. The van der Waals surface area contributed by atoms with Gasteiger partial charge in [-0.2, -0.15) is 8.42 Å². The van der Waals surface area contributed by atoms with Crippen LogP contribution in [0.5, 0.6) is 0 Å². The van der Waals surface area contributed by atoms with Crippen LogP contribution in [0.1, 0.15) is 27.2 Å². The van der Waals surface area contributed by atoms with Gasteiger partial charge in [0.1, 0.15) is 5.60 Å². The third-order valence-corrected chi connectivity index (χ3v) is 2.05. The zero-order valence-electron chi connectivity index (χ0n) is 9.11. The van der Waals surface area contributed by atoms with Crippen molar-refractivity contribution in [3.8, 4) is 0 Å². The first-order chi connectivity index (χ1) is 6.60. The van der Waals surface area contributed by atoms with Crippen molar-refractivity contribution in [2.24, 2.45) is 0 Å². The van der Waals surface area contributed by atoms with E-state index in [4.69, 9.17) is 9.29 Å². The van der Waals surface area contributed by atoms with E-state index in [0.29, 0.717) is 0 Å². The summed E-state index contributed by atoms with van der Waals surface area (Å²) in [5, 5.41) is 2.38. The third kappa shape index (κ3) is 11.1. The third-order valence-electron chi connectivity index (χ3n) is 1.25. The van der Waals surface area contributed by atoms with Crippen molar-refractivity contribution in [1.29, 1.82) is 0 Å². The highest BCUT2D eigenvalue weighted by molar-refractivity contribution is 7.85. The molecule has 0 aromatic carbocycles. The van der Waals surface area contributed by atoms with Crippen LogP contribution in [0.25, 0.3) is 0 Å². The summed E-state index contributed by atoms with van der Waals surface area (Å²) in [7, 11) is -3.95. The maximum absolute atomic E-state index is 11.0. The lowest BCUT2D eigenvalue weighted by Gasteiger charge is -2.19. The van der Waals surface area contributed by atoms with E-state index >= 15 is 0 Å². The number of alkyl carbamates (subject to hydrolysis) is 1. The molecule has 1 amide bonds. The van der Waals surface area contributed by atoms with E-state index in [9.17, 15) is 13.2 Å². The first-order valence-electron chi connectivity index (χ1n) is 4.52. The maximum Gasteiger partial charge on any atom is 0.407 e. The topological polar surface area (TPSA) is 92.7 Å². The Kier molecular flexibility index (Phi) is 5.02. The normalized spacial score (nSPS) is 12.3. The number of carbonyl (C=O) groups is 1. The summed E-state index contributed by atoms with van der Waals surface area (Å²) < 4.78 is 33.9. The molecule has 0 saturated heterocycles. The number of amides is 1. The Morgan fingerprint density at radius 3 is 2.33 bits per heavy atom. The predicted molar refractivity (Wildman–Crippen MR) is 55.3 cm³/mol. The average molecular weight is 239 g/mol. The second-order valence-corrected chi connectivity index (χ2v) is 5.64. The minimum Gasteiger partial charge on any atom is -0.444 e. The molecule has 0 radical (unpaired) electrons. The van der Waals surface area contributed by atoms with Gasteiger partial charge in [0.05, 0.1) is 5.75 Å². The minimum atomic E-state index is -3.95. The minimum absolute atomic E-state index is 0.148. The Morgan fingerprint density at radius 1 is 1.40 bits per heavy atom. The summed E-state index contributed by atoms with van der Waals surface area (Å²) in [6, 6.07) is 0. The zero-order chi connectivity index (χ0) is 12.1. The molecular weight excluding hydrogens is 222 g/mol. The molecule has 0 aliphatic heterocycles. The van der Waals surface area contributed by atoms with Crippen LogP contribution in [0.4, 0.5) is 4.79 Å². The lowest BCUT2D eigenvalue weighted by Crippen LogP contribution is -2.33. The summed E-state index contributed by atoms with van der Waals surface area (Å²) >= 11 is 0. The summed E-state index contributed by atoms with van der Waals surface area (Å²) in [4.78, 5) is 11.0. The van der Waals surface area contributed by atoms with E-state index in [-0.39, 0.29) is 18.7 Å². The van der Waals surface area contributed by atoms with Crippen molar-refractivity contribution < 1.29 is 22.5 Å². The second-order valence-electron chi connectivity index (χ2n) is 4.07. The average Bonchev–Trinajstić information content (AvgIpc) is 1.92. The predicted octanol–water partition coefficient (Wildman–Crippen LogP) is 0.789. The van der Waals surface area contributed by atoms with Crippen molar-refractivity contribution >= 4 is 16.2 Å². The zero-order valence-corrected chi connectivity index (χ0v) is 9.93. The van der Waals surface area contributed by atoms with E-state index in [1.807, 2.05) is 0 Å². The van der Waals surface area contributed by atoms with E-state index in [0.717, 1.165) is 0 Å².